The van der Waals surface area contributed by atoms with Gasteiger partial charge in [0.25, 0.3) is 0 Å². The molecule has 0 saturated carbocycles. The van der Waals surface area contributed by atoms with Crippen molar-refractivity contribution >= 4 is 78.6 Å². The maximum absolute atomic E-state index is 5.19. The normalized spacial score (nSPS) is 12.4. The Balaban J connectivity index is 1.000. The molecule has 0 aliphatic rings. The molecule has 6 heteroatoms. The highest BCUT2D eigenvalue weighted by molar-refractivity contribution is 6.30. The Labute approximate surface area is 340 Å². The maximum Gasteiger partial charge on any atom is 0.161 e. The van der Waals surface area contributed by atoms with Gasteiger partial charge in [-0.2, -0.15) is 0 Å². The summed E-state index contributed by atoms with van der Waals surface area (Å²) in [7, 11) is 0. The van der Waals surface area contributed by atoms with Crippen molar-refractivity contribution in [1.29, 1.82) is 0 Å². The second-order valence-electron chi connectivity index (χ2n) is 14.7. The number of hydrogen-bond donors (Lipinski definition) is 0. The zero-order valence-electron chi connectivity index (χ0n) is 32.1. The van der Waals surface area contributed by atoms with E-state index in [0.29, 0.717) is 18.2 Å². The van der Waals surface area contributed by atoms with E-state index in [0.717, 1.165) is 72.1 Å². The van der Waals surface area contributed by atoms with Crippen LogP contribution < -0.4 is 0 Å². The van der Waals surface area contributed by atoms with Crippen molar-refractivity contribution < 1.29 is 0 Å². The molecule has 6 nitrogen and oxygen atoms in total. The van der Waals surface area contributed by atoms with Crippen LogP contribution in [-0.4, -0.2) is 32.3 Å². The largest absolute Gasteiger partial charge is 0.309 e. The summed E-state index contributed by atoms with van der Waals surface area (Å²) in [6.45, 7) is 4.32. The predicted octanol–water partition coefficient (Wildman–Crippen LogP) is 12.7. The number of para-hydroxylation sites is 4. The van der Waals surface area contributed by atoms with Crippen molar-refractivity contribution in [3.8, 4) is 16.8 Å². The van der Waals surface area contributed by atoms with Crippen molar-refractivity contribution in [3.63, 3.8) is 0 Å². The van der Waals surface area contributed by atoms with E-state index in [2.05, 4.69) is 166 Å². The number of amidine groups is 2. The molecule has 0 aliphatic carbocycles. The van der Waals surface area contributed by atoms with Gasteiger partial charge in [-0.15, -0.1) is 0 Å². The lowest BCUT2D eigenvalue weighted by molar-refractivity contribution is 1.06. The van der Waals surface area contributed by atoms with Crippen LogP contribution in [0.4, 0.5) is 0 Å². The van der Waals surface area contributed by atoms with Crippen molar-refractivity contribution in [1.82, 2.24) is 14.0 Å². The van der Waals surface area contributed by atoms with Gasteiger partial charge in [-0.3, -0.25) is 9.39 Å². The molecule has 0 N–H and O–H groups in total. The Morgan fingerprint density at radius 1 is 0.475 bits per heavy atom. The van der Waals surface area contributed by atoms with Crippen LogP contribution >= 0.6 is 0 Å². The molecule has 59 heavy (non-hydrogen) atoms. The predicted molar refractivity (Wildman–Crippen MR) is 247 cm³/mol. The van der Waals surface area contributed by atoms with Gasteiger partial charge in [-0.1, -0.05) is 146 Å². The molecular weight excluding hydrogens is 721 g/mol. The molecule has 3 aromatic heterocycles. The molecule has 11 aromatic rings. The minimum atomic E-state index is 0.502. The molecule has 278 valence electrons. The summed E-state index contributed by atoms with van der Waals surface area (Å²) in [6, 6.07) is 67.8. The highest BCUT2D eigenvalue weighted by Gasteiger charge is 2.20. The number of pyridine rings is 1. The second-order valence-corrected chi connectivity index (χ2v) is 14.7. The average molecular weight is 757 g/mol. The average Bonchev–Trinajstić information content (AvgIpc) is 3.87. The minimum absolute atomic E-state index is 0.502. The van der Waals surface area contributed by atoms with Crippen molar-refractivity contribution in [2.45, 2.75) is 6.54 Å². The molecular formula is C53H36N6. The Kier molecular flexibility index (Phi) is 8.26. The zero-order valence-corrected chi connectivity index (χ0v) is 32.1. The third kappa shape index (κ3) is 5.81. The molecule has 3 heterocycles. The number of aromatic nitrogens is 3. The summed E-state index contributed by atoms with van der Waals surface area (Å²) in [5.74, 6) is 1.14. The van der Waals surface area contributed by atoms with E-state index in [4.69, 9.17) is 15.0 Å². The van der Waals surface area contributed by atoms with E-state index in [1.54, 1.807) is 0 Å². The number of benzene rings is 8. The monoisotopic (exact) mass is 756 g/mol. The highest BCUT2D eigenvalue weighted by atomic mass is 15.0. The first-order valence-corrected chi connectivity index (χ1v) is 19.8. The minimum Gasteiger partial charge on any atom is -0.309 e. The first kappa shape index (κ1) is 34.3. The van der Waals surface area contributed by atoms with Crippen LogP contribution in [0.2, 0.25) is 0 Å². The molecule has 0 aliphatic heterocycles. The van der Waals surface area contributed by atoms with Gasteiger partial charge in [-0.05, 0) is 71.9 Å². The number of hydrogen-bond acceptors (Lipinski definition) is 2. The Hall–Kier alpha value is -7.96. The van der Waals surface area contributed by atoms with Crippen LogP contribution in [-0.2, 0) is 6.54 Å². The molecule has 0 bridgehead atoms. The molecule has 0 radical (unpaired) electrons. The second kappa shape index (κ2) is 14.2. The van der Waals surface area contributed by atoms with E-state index < -0.39 is 0 Å². The Morgan fingerprint density at radius 2 is 1.07 bits per heavy atom. The van der Waals surface area contributed by atoms with E-state index in [-0.39, 0.29) is 0 Å². The van der Waals surface area contributed by atoms with Crippen LogP contribution in [0, 0.1) is 0 Å². The van der Waals surface area contributed by atoms with Gasteiger partial charge in [0.05, 0.1) is 34.1 Å². The van der Waals surface area contributed by atoms with Crippen LogP contribution in [0.1, 0.15) is 16.7 Å². The summed E-state index contributed by atoms with van der Waals surface area (Å²) < 4.78 is 4.71. The lowest BCUT2D eigenvalue weighted by Gasteiger charge is -2.12. The number of aliphatic imine (C=N–C) groups is 3. The number of nitrogens with zero attached hydrogens (tertiary/aromatic N) is 6. The van der Waals surface area contributed by atoms with Gasteiger partial charge in [0.2, 0.25) is 0 Å². The molecule has 0 fully saturated rings. The standard InChI is InChI=1S/C53H36N6/c1-54-51(38-16-6-3-7-17-38)57-52(55-34-35-14-4-2-5-15-35)39-26-24-36(25-27-39)37-28-30-40(31-29-37)58-45-21-11-9-19-42(45)50-48(58)33-32-43-49(50)41-18-8-12-22-46(41)59-47-23-13-10-20-44(47)56-53(43)59/h2-33H,1,34H2. The number of imidazole rings is 1. The third-order valence-corrected chi connectivity index (χ3v) is 11.3. The lowest BCUT2D eigenvalue weighted by Crippen LogP contribution is -2.05. The fourth-order valence-electron chi connectivity index (χ4n) is 8.57. The first-order chi connectivity index (χ1) is 29.2. The van der Waals surface area contributed by atoms with Gasteiger partial charge in [0, 0.05) is 43.7 Å². The molecule has 8 aromatic carbocycles. The van der Waals surface area contributed by atoms with E-state index in [1.165, 1.54) is 21.5 Å². The first-order valence-electron chi connectivity index (χ1n) is 19.8. The summed E-state index contributed by atoms with van der Waals surface area (Å²) in [5.41, 5.74) is 12.8. The highest BCUT2D eigenvalue weighted by Crippen LogP contribution is 2.42. The van der Waals surface area contributed by atoms with E-state index in [9.17, 15) is 0 Å². The maximum atomic E-state index is 5.19. The van der Waals surface area contributed by atoms with Gasteiger partial charge in [-0.25, -0.2) is 15.0 Å². The van der Waals surface area contributed by atoms with Crippen molar-refractivity contribution in [3.05, 3.63) is 211 Å². The molecule has 0 spiro atoms. The van der Waals surface area contributed by atoms with E-state index in [1.807, 2.05) is 48.5 Å². The third-order valence-electron chi connectivity index (χ3n) is 11.3. The quantitative estimate of drug-likeness (QED) is 0.0947. The molecule has 0 unspecified atom stereocenters. The topological polar surface area (TPSA) is 59.3 Å². The number of fused-ring (bicyclic) bond motifs is 12. The number of rotatable bonds is 6. The molecule has 0 amide bonds. The molecule has 11 rings (SSSR count). The van der Waals surface area contributed by atoms with Gasteiger partial charge in [0.15, 0.2) is 11.7 Å². The van der Waals surface area contributed by atoms with E-state index >= 15 is 0 Å². The van der Waals surface area contributed by atoms with Gasteiger partial charge < -0.3 is 4.57 Å². The Bertz CT molecular complexity index is 3450. The van der Waals surface area contributed by atoms with Gasteiger partial charge >= 0.3 is 0 Å². The van der Waals surface area contributed by atoms with Gasteiger partial charge in [0.1, 0.15) is 5.65 Å². The fourth-order valence-corrected chi connectivity index (χ4v) is 8.57. The summed E-state index contributed by atoms with van der Waals surface area (Å²) in [6.07, 6.45) is 0. The van der Waals surface area contributed by atoms with Crippen LogP contribution in [0.15, 0.2) is 209 Å². The van der Waals surface area contributed by atoms with Crippen molar-refractivity contribution in [2.24, 2.45) is 15.0 Å². The zero-order chi connectivity index (χ0) is 39.3. The fraction of sp³-hybridized carbons (Fsp3) is 0.0189. The van der Waals surface area contributed by atoms with Crippen LogP contribution in [0.3, 0.4) is 0 Å². The van der Waals surface area contributed by atoms with Crippen LogP contribution in [0.5, 0.6) is 0 Å². The summed E-state index contributed by atoms with van der Waals surface area (Å²) in [5, 5.41) is 6.03. The lowest BCUT2D eigenvalue weighted by atomic mass is 10.00. The molecule has 0 atom stereocenters. The smallest absolute Gasteiger partial charge is 0.161 e. The SMILES string of the molecule is C=NC(=NC(=NCc1ccccc1)c1ccc(-c2ccc(-n3c4ccccc4c4c5c6ccccc6n6c7ccccc7nc6c5ccc43)cc2)cc1)c1ccccc1. The van der Waals surface area contributed by atoms with Crippen molar-refractivity contribution in [2.75, 3.05) is 0 Å². The molecule has 0 saturated heterocycles. The summed E-state index contributed by atoms with van der Waals surface area (Å²) >= 11 is 0. The Morgan fingerprint density at radius 3 is 1.80 bits per heavy atom. The van der Waals surface area contributed by atoms with Crippen LogP contribution in [0.25, 0.3) is 77.0 Å². The summed E-state index contributed by atoms with van der Waals surface area (Å²) in [4.78, 5) is 19.4.